The van der Waals surface area contributed by atoms with E-state index in [0.717, 1.165) is 16.3 Å². The van der Waals surface area contributed by atoms with Crippen molar-refractivity contribution in [1.82, 2.24) is 10.2 Å². The minimum atomic E-state index is -0.203. The van der Waals surface area contributed by atoms with Crippen molar-refractivity contribution in [2.45, 2.75) is 13.8 Å². The largest absolute Gasteiger partial charge is 0.494 e. The minimum Gasteiger partial charge on any atom is -0.494 e. The second-order valence-electron chi connectivity index (χ2n) is 6.23. The molecule has 0 N–H and O–H groups in total. The Kier molecular flexibility index (Phi) is 7.75. The molecule has 0 aliphatic rings. The molecular formula is C22H25N3O4S. The van der Waals surface area contributed by atoms with Gasteiger partial charge in [0.15, 0.2) is 0 Å². The normalized spacial score (nSPS) is 10.6. The Labute approximate surface area is 180 Å². The molecule has 0 aliphatic carbocycles. The van der Waals surface area contributed by atoms with Crippen molar-refractivity contribution >= 4 is 22.4 Å². The van der Waals surface area contributed by atoms with Crippen LogP contribution in [0.2, 0.25) is 0 Å². The van der Waals surface area contributed by atoms with Crippen molar-refractivity contribution in [3.05, 3.63) is 54.1 Å². The van der Waals surface area contributed by atoms with Gasteiger partial charge in [0.05, 0.1) is 31.9 Å². The van der Waals surface area contributed by atoms with Crippen LogP contribution in [0.5, 0.6) is 11.5 Å². The molecule has 0 aliphatic heterocycles. The summed E-state index contributed by atoms with van der Waals surface area (Å²) in [6.45, 7) is 5.65. The average molecular weight is 428 g/mol. The number of benzene rings is 2. The van der Waals surface area contributed by atoms with Crippen LogP contribution < -0.4 is 14.4 Å². The standard InChI is InChI=1S/C22H25N3O4S/c1-4-28-17-12-10-16(11-13-17)20-23-24-22(30-20)25(14-15-27-3)21(26)18-8-6-7-9-19(18)29-5-2/h6-13H,4-5,14-15H2,1-3H3. The Balaban J connectivity index is 1.88. The van der Waals surface area contributed by atoms with E-state index in [4.69, 9.17) is 14.2 Å². The fourth-order valence-corrected chi connectivity index (χ4v) is 3.71. The van der Waals surface area contributed by atoms with E-state index in [1.807, 2.05) is 50.2 Å². The molecule has 8 heteroatoms. The van der Waals surface area contributed by atoms with Gasteiger partial charge in [-0.1, -0.05) is 23.5 Å². The zero-order chi connectivity index (χ0) is 21.3. The van der Waals surface area contributed by atoms with E-state index >= 15 is 0 Å². The predicted molar refractivity (Wildman–Crippen MR) is 118 cm³/mol. The van der Waals surface area contributed by atoms with Crippen LogP contribution in [-0.2, 0) is 4.74 Å². The summed E-state index contributed by atoms with van der Waals surface area (Å²) in [6, 6.07) is 14.9. The van der Waals surface area contributed by atoms with E-state index in [1.165, 1.54) is 11.3 Å². The number of ether oxygens (including phenoxy) is 3. The summed E-state index contributed by atoms with van der Waals surface area (Å²) in [4.78, 5) is 14.9. The molecule has 0 radical (unpaired) electrons. The minimum absolute atomic E-state index is 0.203. The predicted octanol–water partition coefficient (Wildman–Crippen LogP) is 4.30. The summed E-state index contributed by atoms with van der Waals surface area (Å²) in [5.74, 6) is 1.14. The molecule has 0 atom stereocenters. The van der Waals surface area contributed by atoms with E-state index < -0.39 is 0 Å². The number of hydrogen-bond acceptors (Lipinski definition) is 7. The monoisotopic (exact) mass is 427 g/mol. The van der Waals surface area contributed by atoms with Crippen molar-refractivity contribution < 1.29 is 19.0 Å². The van der Waals surface area contributed by atoms with Crippen LogP contribution in [-0.4, -0.2) is 49.6 Å². The average Bonchev–Trinajstić information content (AvgIpc) is 3.25. The number of amides is 1. The highest BCUT2D eigenvalue weighted by molar-refractivity contribution is 7.18. The first-order valence-corrected chi connectivity index (χ1v) is 10.6. The maximum atomic E-state index is 13.3. The van der Waals surface area contributed by atoms with Gasteiger partial charge < -0.3 is 14.2 Å². The molecule has 0 spiro atoms. The van der Waals surface area contributed by atoms with E-state index in [9.17, 15) is 4.79 Å². The number of rotatable bonds is 10. The first kappa shape index (κ1) is 21.7. The van der Waals surface area contributed by atoms with Gasteiger partial charge >= 0.3 is 0 Å². The van der Waals surface area contributed by atoms with Gasteiger partial charge in [-0.15, -0.1) is 10.2 Å². The Morgan fingerprint density at radius 2 is 1.73 bits per heavy atom. The molecule has 3 rings (SSSR count). The number of carbonyl (C=O) groups is 1. The summed E-state index contributed by atoms with van der Waals surface area (Å²) >= 11 is 1.35. The number of hydrogen-bond donors (Lipinski definition) is 0. The lowest BCUT2D eigenvalue weighted by Crippen LogP contribution is -2.34. The van der Waals surface area contributed by atoms with E-state index in [-0.39, 0.29) is 5.91 Å². The number of carbonyl (C=O) groups excluding carboxylic acids is 1. The molecule has 1 heterocycles. The summed E-state index contributed by atoms with van der Waals surface area (Å²) in [5, 5.41) is 9.79. The third kappa shape index (κ3) is 5.14. The number of aromatic nitrogens is 2. The van der Waals surface area contributed by atoms with E-state index in [0.29, 0.717) is 42.8 Å². The van der Waals surface area contributed by atoms with Crippen LogP contribution in [0.25, 0.3) is 10.6 Å². The Bertz CT molecular complexity index is 959. The molecule has 0 unspecified atom stereocenters. The molecular weight excluding hydrogens is 402 g/mol. The second kappa shape index (κ2) is 10.7. The smallest absolute Gasteiger partial charge is 0.263 e. The van der Waals surface area contributed by atoms with Crippen molar-refractivity contribution in [2.24, 2.45) is 0 Å². The Morgan fingerprint density at radius 1 is 1.00 bits per heavy atom. The van der Waals surface area contributed by atoms with Gasteiger partial charge in [-0.05, 0) is 50.2 Å². The van der Waals surface area contributed by atoms with Crippen molar-refractivity contribution in [1.29, 1.82) is 0 Å². The van der Waals surface area contributed by atoms with Gasteiger partial charge in [0.25, 0.3) is 5.91 Å². The Morgan fingerprint density at radius 3 is 2.43 bits per heavy atom. The van der Waals surface area contributed by atoms with Crippen LogP contribution in [0.1, 0.15) is 24.2 Å². The third-order valence-electron chi connectivity index (χ3n) is 4.24. The molecule has 3 aromatic rings. The van der Waals surface area contributed by atoms with Gasteiger partial charge in [0.2, 0.25) is 5.13 Å². The van der Waals surface area contributed by atoms with Crippen LogP contribution in [0.4, 0.5) is 5.13 Å². The van der Waals surface area contributed by atoms with Gasteiger partial charge in [0, 0.05) is 12.7 Å². The van der Waals surface area contributed by atoms with Crippen LogP contribution in [0.15, 0.2) is 48.5 Å². The topological polar surface area (TPSA) is 73.8 Å². The van der Waals surface area contributed by atoms with Crippen LogP contribution in [0, 0.1) is 0 Å². The fourth-order valence-electron chi connectivity index (χ4n) is 2.84. The molecule has 1 aromatic heterocycles. The van der Waals surface area contributed by atoms with Gasteiger partial charge in [0.1, 0.15) is 16.5 Å². The lowest BCUT2D eigenvalue weighted by molar-refractivity contribution is 0.0972. The highest BCUT2D eigenvalue weighted by Gasteiger charge is 2.24. The zero-order valence-corrected chi connectivity index (χ0v) is 18.1. The molecule has 158 valence electrons. The summed E-state index contributed by atoms with van der Waals surface area (Å²) in [7, 11) is 1.60. The molecule has 0 fully saturated rings. The van der Waals surface area contributed by atoms with Crippen molar-refractivity contribution in [3.63, 3.8) is 0 Å². The SMILES string of the molecule is CCOc1ccc(-c2nnc(N(CCOC)C(=O)c3ccccc3OCC)s2)cc1. The van der Waals surface area contributed by atoms with Crippen molar-refractivity contribution in [3.8, 4) is 22.1 Å². The molecule has 0 saturated carbocycles. The van der Waals surface area contributed by atoms with Gasteiger partial charge in [-0.3, -0.25) is 9.69 Å². The summed E-state index contributed by atoms with van der Waals surface area (Å²) in [6.07, 6.45) is 0. The maximum Gasteiger partial charge on any atom is 0.263 e. The van der Waals surface area contributed by atoms with E-state index in [2.05, 4.69) is 10.2 Å². The van der Waals surface area contributed by atoms with Crippen molar-refractivity contribution in [2.75, 3.05) is 38.4 Å². The van der Waals surface area contributed by atoms with Gasteiger partial charge in [-0.2, -0.15) is 0 Å². The van der Waals surface area contributed by atoms with Crippen LogP contribution in [0.3, 0.4) is 0 Å². The van der Waals surface area contributed by atoms with Gasteiger partial charge in [-0.25, -0.2) is 0 Å². The first-order valence-electron chi connectivity index (χ1n) is 9.77. The Hall–Kier alpha value is -2.97. The number of para-hydroxylation sites is 1. The fraction of sp³-hybridized carbons (Fsp3) is 0.318. The highest BCUT2D eigenvalue weighted by atomic mass is 32.1. The molecule has 7 nitrogen and oxygen atoms in total. The summed E-state index contributed by atoms with van der Waals surface area (Å²) in [5.41, 5.74) is 1.39. The van der Waals surface area contributed by atoms with E-state index in [1.54, 1.807) is 24.1 Å². The molecule has 1 amide bonds. The molecule has 0 saturated heterocycles. The second-order valence-corrected chi connectivity index (χ2v) is 7.18. The lowest BCUT2D eigenvalue weighted by atomic mass is 10.1. The zero-order valence-electron chi connectivity index (χ0n) is 17.3. The molecule has 30 heavy (non-hydrogen) atoms. The quantitative estimate of drug-likeness (QED) is 0.480. The third-order valence-corrected chi connectivity index (χ3v) is 5.23. The van der Waals surface area contributed by atoms with Crippen LogP contribution >= 0.6 is 11.3 Å². The number of anilines is 1. The first-order chi connectivity index (χ1) is 14.7. The highest BCUT2D eigenvalue weighted by Crippen LogP contribution is 2.31. The lowest BCUT2D eigenvalue weighted by Gasteiger charge is -2.20. The molecule has 0 bridgehead atoms. The number of nitrogens with zero attached hydrogens (tertiary/aromatic N) is 3. The summed E-state index contributed by atoms with van der Waals surface area (Å²) < 4.78 is 16.3. The molecule has 2 aromatic carbocycles. The maximum absolute atomic E-state index is 13.3. The number of methoxy groups -OCH3 is 1.